The molecular weight excluding hydrogens is 766 g/mol. The minimum Gasteiger partial charge on any atom is -0.756 e. The Morgan fingerprint density at radius 2 is 1.14 bits per heavy atom. The van der Waals surface area contributed by atoms with Crippen LogP contribution in [-0.2, 0) is 37.4 Å². The van der Waals surface area contributed by atoms with Crippen molar-refractivity contribution >= 4 is 19.8 Å². The summed E-state index contributed by atoms with van der Waals surface area (Å²) in [7, 11) is 1.12. The SMILES string of the molecule is CCCCC/C=C\C/C=C\C/C=C\C/C=C\CCCCCC(=O)O[C@H](COC(=O)CCCCCCCC1OC1C/C=C\CCCCC)COP(=O)([O-])OCC[N+](C)(C)C. The molecule has 0 aromatic heterocycles. The number of ether oxygens (including phenoxy) is 3. The molecule has 59 heavy (non-hydrogen) atoms. The predicted octanol–water partition coefficient (Wildman–Crippen LogP) is 11.6. The first-order valence-corrected chi connectivity index (χ1v) is 24.6. The fraction of sp³-hybridized carbons (Fsp3) is 0.750. The monoisotopic (exact) mass is 850 g/mol. The number of carbonyl (C=O) groups excluding carboxylic acids is 2. The number of epoxide rings is 1. The average molecular weight is 850 g/mol. The second-order valence-corrected chi connectivity index (χ2v) is 18.2. The molecule has 0 amide bonds. The van der Waals surface area contributed by atoms with Crippen molar-refractivity contribution in [2.45, 2.75) is 186 Å². The standard InChI is InChI=1S/C48H84NO9P/c1-6-8-10-12-14-15-16-17-18-19-20-21-22-23-24-25-26-30-35-39-48(51)57-44(43-56-59(52,53)55-41-40-49(3,4)5)42-54-47(50)38-34-31-27-29-33-37-46-45(58-46)36-32-28-13-11-9-7-2/h14-15,17-18,20-21,23-24,28,32,44-46H,6-13,16,19,22,25-27,29-31,33-43H2,1-5H3/b15-14-,18-17-,21-20-,24-23-,32-28-/t44-,45?,46?/m1/s1. The first-order chi connectivity index (χ1) is 28.5. The van der Waals surface area contributed by atoms with Crippen molar-refractivity contribution in [3.8, 4) is 0 Å². The van der Waals surface area contributed by atoms with Gasteiger partial charge in [0.25, 0.3) is 7.82 Å². The van der Waals surface area contributed by atoms with E-state index in [2.05, 4.69) is 74.6 Å². The van der Waals surface area contributed by atoms with Gasteiger partial charge in [0.1, 0.15) is 19.8 Å². The third-order valence-corrected chi connectivity index (χ3v) is 10.9. The number of carbonyl (C=O) groups is 2. The van der Waals surface area contributed by atoms with E-state index in [-0.39, 0.29) is 26.1 Å². The highest BCUT2D eigenvalue weighted by Crippen LogP contribution is 2.38. The molecule has 340 valence electrons. The number of phosphoric acid groups is 1. The Balaban J connectivity index is 2.31. The Bertz CT molecular complexity index is 1260. The van der Waals surface area contributed by atoms with Crippen LogP contribution >= 0.6 is 7.82 Å². The molecule has 0 aromatic rings. The maximum absolute atomic E-state index is 12.7. The summed E-state index contributed by atoms with van der Waals surface area (Å²) < 4.78 is 39.7. The van der Waals surface area contributed by atoms with Gasteiger partial charge in [0.2, 0.25) is 0 Å². The summed E-state index contributed by atoms with van der Waals surface area (Å²) in [4.78, 5) is 37.6. The molecule has 0 radical (unpaired) electrons. The van der Waals surface area contributed by atoms with Gasteiger partial charge in [-0.2, -0.15) is 0 Å². The van der Waals surface area contributed by atoms with Gasteiger partial charge in [-0.1, -0.05) is 132 Å². The molecule has 3 unspecified atom stereocenters. The highest BCUT2D eigenvalue weighted by atomic mass is 31.2. The van der Waals surface area contributed by atoms with Gasteiger partial charge in [-0.05, 0) is 83.5 Å². The number of quaternary nitrogens is 1. The van der Waals surface area contributed by atoms with Crippen LogP contribution in [0.3, 0.4) is 0 Å². The Morgan fingerprint density at radius 1 is 0.627 bits per heavy atom. The summed E-state index contributed by atoms with van der Waals surface area (Å²) >= 11 is 0. The Morgan fingerprint density at radius 3 is 1.73 bits per heavy atom. The van der Waals surface area contributed by atoms with Gasteiger partial charge in [-0.25, -0.2) is 0 Å². The van der Waals surface area contributed by atoms with E-state index in [1.165, 1.54) is 44.9 Å². The molecule has 4 atom stereocenters. The number of nitrogens with zero attached hydrogens (tertiary/aromatic N) is 1. The third-order valence-electron chi connectivity index (χ3n) is 9.93. The summed E-state index contributed by atoms with van der Waals surface area (Å²) in [6.45, 7) is 4.09. The zero-order valence-corrected chi connectivity index (χ0v) is 38.8. The Labute approximate surface area is 360 Å². The van der Waals surface area contributed by atoms with Gasteiger partial charge in [0, 0.05) is 12.8 Å². The molecule has 1 rings (SSSR count). The molecule has 0 saturated carbocycles. The Kier molecular flexibility index (Phi) is 33.7. The summed E-state index contributed by atoms with van der Waals surface area (Å²) in [5.74, 6) is -0.898. The van der Waals surface area contributed by atoms with Crippen LogP contribution in [0.25, 0.3) is 0 Å². The molecule has 0 bridgehead atoms. The second-order valence-electron chi connectivity index (χ2n) is 16.8. The zero-order chi connectivity index (χ0) is 43.3. The van der Waals surface area contributed by atoms with E-state index in [0.29, 0.717) is 36.1 Å². The van der Waals surface area contributed by atoms with E-state index < -0.39 is 32.5 Å². The predicted molar refractivity (Wildman–Crippen MR) is 240 cm³/mol. The quantitative estimate of drug-likeness (QED) is 0.0148. The summed E-state index contributed by atoms with van der Waals surface area (Å²) in [5, 5.41) is 0. The first kappa shape index (κ1) is 54.7. The van der Waals surface area contributed by atoms with Crippen LogP contribution in [0, 0.1) is 0 Å². The van der Waals surface area contributed by atoms with Crippen molar-refractivity contribution in [3.05, 3.63) is 60.8 Å². The largest absolute Gasteiger partial charge is 0.756 e. The lowest BCUT2D eigenvalue weighted by Crippen LogP contribution is -2.37. The summed E-state index contributed by atoms with van der Waals surface area (Å²) in [5.41, 5.74) is 0. The van der Waals surface area contributed by atoms with Gasteiger partial charge in [-0.3, -0.25) is 14.2 Å². The van der Waals surface area contributed by atoms with Crippen LogP contribution in [0.15, 0.2) is 60.8 Å². The Hall–Kier alpha value is -2.33. The molecule has 1 fully saturated rings. The number of rotatable bonds is 40. The highest BCUT2D eigenvalue weighted by Gasteiger charge is 2.36. The average Bonchev–Trinajstić information content (AvgIpc) is 3.94. The van der Waals surface area contributed by atoms with E-state index >= 15 is 0 Å². The summed E-state index contributed by atoms with van der Waals surface area (Å²) in [6.07, 6.45) is 45.5. The number of allylic oxidation sites excluding steroid dienone is 9. The molecule has 10 nitrogen and oxygen atoms in total. The maximum atomic E-state index is 12.7. The molecule has 1 aliphatic rings. The van der Waals surface area contributed by atoms with Crippen molar-refractivity contribution in [1.29, 1.82) is 0 Å². The van der Waals surface area contributed by atoms with E-state index in [0.717, 1.165) is 83.5 Å². The minimum absolute atomic E-state index is 0.0451. The molecule has 0 N–H and O–H groups in total. The molecule has 11 heteroatoms. The molecule has 1 saturated heterocycles. The van der Waals surface area contributed by atoms with E-state index in [9.17, 15) is 19.0 Å². The van der Waals surface area contributed by atoms with Crippen LogP contribution in [-0.4, -0.2) is 82.2 Å². The van der Waals surface area contributed by atoms with Crippen molar-refractivity contribution in [3.63, 3.8) is 0 Å². The van der Waals surface area contributed by atoms with Gasteiger partial charge in [-0.15, -0.1) is 0 Å². The van der Waals surface area contributed by atoms with Crippen LogP contribution in [0.1, 0.15) is 168 Å². The lowest BCUT2D eigenvalue weighted by atomic mass is 10.1. The molecule has 0 aromatic carbocycles. The number of esters is 2. The second kappa shape index (κ2) is 36.3. The minimum atomic E-state index is -4.65. The molecular formula is C48H84NO9P. The summed E-state index contributed by atoms with van der Waals surface area (Å²) in [6, 6.07) is 0. The van der Waals surface area contributed by atoms with Gasteiger partial charge in [0.05, 0.1) is 40.0 Å². The highest BCUT2D eigenvalue weighted by molar-refractivity contribution is 7.45. The van der Waals surface area contributed by atoms with Crippen molar-refractivity contribution in [2.75, 3.05) is 47.5 Å². The van der Waals surface area contributed by atoms with Gasteiger partial charge in [0.15, 0.2) is 6.10 Å². The van der Waals surface area contributed by atoms with Crippen molar-refractivity contribution in [2.24, 2.45) is 0 Å². The van der Waals surface area contributed by atoms with Gasteiger partial charge < -0.3 is 32.6 Å². The van der Waals surface area contributed by atoms with Crippen molar-refractivity contribution in [1.82, 2.24) is 0 Å². The molecule has 0 spiro atoms. The van der Waals surface area contributed by atoms with E-state index in [1.54, 1.807) is 0 Å². The van der Waals surface area contributed by atoms with Crippen LogP contribution in [0.5, 0.6) is 0 Å². The topological polar surface area (TPSA) is 124 Å². The van der Waals surface area contributed by atoms with Gasteiger partial charge >= 0.3 is 11.9 Å². The molecule has 1 heterocycles. The van der Waals surface area contributed by atoms with Crippen LogP contribution in [0.2, 0.25) is 0 Å². The fourth-order valence-electron chi connectivity index (χ4n) is 6.17. The number of hydrogen-bond acceptors (Lipinski definition) is 9. The number of likely N-dealkylation sites (N-methyl/N-ethyl adjacent to an activating group) is 1. The smallest absolute Gasteiger partial charge is 0.306 e. The van der Waals surface area contributed by atoms with E-state index in [4.69, 9.17) is 23.3 Å². The van der Waals surface area contributed by atoms with E-state index in [1.807, 2.05) is 21.1 Å². The fourth-order valence-corrected chi connectivity index (χ4v) is 6.90. The number of unbranched alkanes of at least 4 members (excludes halogenated alkanes) is 13. The lowest BCUT2D eigenvalue weighted by Gasteiger charge is -2.28. The third kappa shape index (κ3) is 37.2. The molecule has 0 aliphatic carbocycles. The maximum Gasteiger partial charge on any atom is 0.306 e. The zero-order valence-electron chi connectivity index (χ0n) is 37.9. The first-order valence-electron chi connectivity index (χ1n) is 23.1. The lowest BCUT2D eigenvalue weighted by molar-refractivity contribution is -0.870. The van der Waals surface area contributed by atoms with Crippen LogP contribution in [0.4, 0.5) is 0 Å². The molecule has 1 aliphatic heterocycles. The number of hydrogen-bond donors (Lipinski definition) is 0. The van der Waals surface area contributed by atoms with Crippen molar-refractivity contribution < 1.29 is 46.8 Å². The number of phosphoric ester groups is 1. The van der Waals surface area contributed by atoms with Crippen LogP contribution < -0.4 is 4.89 Å². The normalized spacial score (nSPS) is 17.5.